The molecular weight excluding hydrogens is 1090 g/mol. The van der Waals surface area contributed by atoms with Gasteiger partial charge in [0.2, 0.25) is 5.60 Å². The number of thioether (sulfide) groups is 2. The first-order valence-electron chi connectivity index (χ1n) is 26.9. The van der Waals surface area contributed by atoms with Crippen molar-refractivity contribution in [3.63, 3.8) is 0 Å². The SMILES string of the molecule is O=C1C=C(CSC2=C(C(=O)OC(c3ccccc3)c3ccccc3)N3C(=O)[C@@H](NC(=O)/C(=N\OC(c4ccccc4)(c4ccccc4)c4ccccc4)c4csc(NC(c5ccccc5)(c5ccccc5)c5ccccc5)n4)[C@@H]3SC2)CO1. The third-order valence-electron chi connectivity index (χ3n) is 14.7. The van der Waals surface area contributed by atoms with Crippen LogP contribution in [0.5, 0.6) is 0 Å². The van der Waals surface area contributed by atoms with Gasteiger partial charge in [-0.15, -0.1) is 34.9 Å². The summed E-state index contributed by atoms with van der Waals surface area (Å²) in [5.41, 5.74) is 5.03. The highest BCUT2D eigenvalue weighted by Gasteiger charge is 2.55. The minimum absolute atomic E-state index is 0.0708. The van der Waals surface area contributed by atoms with Crippen LogP contribution in [0.3, 0.4) is 0 Å². The molecule has 3 aliphatic rings. The van der Waals surface area contributed by atoms with Gasteiger partial charge < -0.3 is 24.9 Å². The van der Waals surface area contributed by atoms with Gasteiger partial charge in [0.25, 0.3) is 11.8 Å². The lowest BCUT2D eigenvalue weighted by atomic mass is 9.77. The Morgan fingerprint density at radius 1 is 0.651 bits per heavy atom. The van der Waals surface area contributed by atoms with E-state index in [1.54, 1.807) is 5.38 Å². The standard InChI is InChI=1S/C68H53N5O7S3/c74-57-41-46(42-78-57)43-81-56-45-82-64-59(63(76)73(64)60(56)65(77)79-61(47-25-9-1-10-26-47)48-27-11-2-12-28-48)70-62(75)58(72-80-68(52-35-19-6-20-36-52,53-37-21-7-22-38-53)54-39-23-8-24-40-54)55-44-83-66(69-55)71-67(49-29-13-3-14-30-49,50-31-15-4-16-32-50)51-33-17-5-18-34-51/h1-41,44,59,61,64H,42-43,45H2,(H,69,71)(H,70,75)/b72-58-/t59-,64+/m1/s1. The zero-order chi connectivity index (χ0) is 56.6. The van der Waals surface area contributed by atoms with Gasteiger partial charge in [0.05, 0.1) is 0 Å². The summed E-state index contributed by atoms with van der Waals surface area (Å²) in [5.74, 6) is -1.76. The third kappa shape index (κ3) is 11.0. The Labute approximate surface area is 492 Å². The average Bonchev–Trinajstić information content (AvgIpc) is 4.15. The van der Waals surface area contributed by atoms with E-state index in [-0.39, 0.29) is 23.7 Å². The van der Waals surface area contributed by atoms with Crippen LogP contribution in [-0.4, -0.2) is 68.9 Å². The van der Waals surface area contributed by atoms with Crippen molar-refractivity contribution in [2.45, 2.75) is 28.7 Å². The molecule has 9 aromatic rings. The number of aromatic nitrogens is 1. The summed E-state index contributed by atoms with van der Waals surface area (Å²) in [5, 5.41) is 13.3. The molecule has 0 aliphatic carbocycles. The number of carbonyl (C=O) groups excluding carboxylic acids is 4. The Morgan fingerprint density at radius 3 is 1.57 bits per heavy atom. The van der Waals surface area contributed by atoms with Crippen molar-refractivity contribution in [1.29, 1.82) is 0 Å². The van der Waals surface area contributed by atoms with Crippen molar-refractivity contribution in [3.8, 4) is 0 Å². The molecule has 410 valence electrons. The number of hydrogen-bond acceptors (Lipinski definition) is 13. The van der Waals surface area contributed by atoms with E-state index in [0.717, 1.165) is 50.1 Å². The molecule has 0 radical (unpaired) electrons. The monoisotopic (exact) mass is 1150 g/mol. The van der Waals surface area contributed by atoms with Crippen LogP contribution in [0.1, 0.15) is 56.3 Å². The molecule has 0 unspecified atom stereocenters. The molecule has 2 amide bonds. The number of rotatable bonds is 20. The number of carbonyl (C=O) groups is 4. The normalized spacial score (nSPS) is 16.1. The summed E-state index contributed by atoms with van der Waals surface area (Å²) in [6, 6.07) is 77.2. The van der Waals surface area contributed by atoms with Crippen molar-refractivity contribution < 1.29 is 33.5 Å². The Kier molecular flexibility index (Phi) is 16.0. The number of ether oxygens (including phenoxy) is 2. The largest absolute Gasteiger partial charge is 0.458 e. The highest BCUT2D eigenvalue weighted by molar-refractivity contribution is 8.06. The second-order valence-corrected chi connectivity index (χ2v) is 22.8. The molecule has 0 spiro atoms. The second-order valence-electron chi connectivity index (χ2n) is 19.8. The minimum Gasteiger partial charge on any atom is -0.458 e. The lowest BCUT2D eigenvalue weighted by molar-refractivity contribution is -0.154. The van der Waals surface area contributed by atoms with Crippen LogP contribution in [0, 0.1) is 0 Å². The minimum atomic E-state index is -1.39. The zero-order valence-electron chi connectivity index (χ0n) is 44.5. The highest BCUT2D eigenvalue weighted by Crippen LogP contribution is 2.46. The van der Waals surface area contributed by atoms with E-state index in [1.807, 2.05) is 206 Å². The fourth-order valence-electron chi connectivity index (χ4n) is 10.7. The van der Waals surface area contributed by atoms with Crippen molar-refractivity contribution in [2.75, 3.05) is 23.4 Å². The highest BCUT2D eigenvalue weighted by atomic mass is 32.2. The maximum atomic E-state index is 15.6. The van der Waals surface area contributed by atoms with Gasteiger partial charge >= 0.3 is 11.9 Å². The van der Waals surface area contributed by atoms with Gasteiger partial charge in [-0.25, -0.2) is 14.6 Å². The molecule has 15 heteroatoms. The number of β-lactam (4-membered cyclic amide) rings is 1. The fraction of sp³-hybridized carbons (Fsp3) is 0.118. The molecule has 83 heavy (non-hydrogen) atoms. The molecule has 8 aromatic carbocycles. The molecule has 3 aliphatic heterocycles. The second kappa shape index (κ2) is 24.4. The van der Waals surface area contributed by atoms with Crippen LogP contribution in [0.15, 0.2) is 275 Å². The van der Waals surface area contributed by atoms with Crippen LogP contribution in [0.25, 0.3) is 0 Å². The van der Waals surface area contributed by atoms with E-state index in [9.17, 15) is 14.4 Å². The first-order chi connectivity index (χ1) is 40.8. The summed E-state index contributed by atoms with van der Waals surface area (Å²) in [4.78, 5) is 71.8. The van der Waals surface area contributed by atoms with E-state index >= 15 is 4.79 Å². The molecule has 1 saturated heterocycles. The maximum absolute atomic E-state index is 15.6. The summed E-state index contributed by atoms with van der Waals surface area (Å²) in [7, 11) is 0. The van der Waals surface area contributed by atoms with Gasteiger partial charge in [-0.2, -0.15) is 0 Å². The van der Waals surface area contributed by atoms with Gasteiger partial charge in [-0.1, -0.05) is 248 Å². The lowest BCUT2D eigenvalue weighted by Gasteiger charge is -2.49. The molecule has 2 atom stereocenters. The van der Waals surface area contributed by atoms with Crippen molar-refractivity contribution >= 4 is 69.5 Å². The number of hydrogen-bond donors (Lipinski definition) is 2. The quantitative estimate of drug-likeness (QED) is 0.0247. The number of anilines is 1. The first kappa shape index (κ1) is 54.3. The number of nitrogens with zero attached hydrogens (tertiary/aromatic N) is 3. The van der Waals surface area contributed by atoms with E-state index in [2.05, 4.69) is 47.0 Å². The fourth-order valence-corrected chi connectivity index (χ4v) is 14.0. The predicted octanol–water partition coefficient (Wildman–Crippen LogP) is 12.4. The Morgan fingerprint density at radius 2 is 1.11 bits per heavy atom. The number of thiazole rings is 1. The Bertz CT molecular complexity index is 3620. The van der Waals surface area contributed by atoms with Crippen molar-refractivity contribution in [2.24, 2.45) is 5.16 Å². The van der Waals surface area contributed by atoms with E-state index in [0.29, 0.717) is 21.5 Å². The number of amides is 2. The van der Waals surface area contributed by atoms with Crippen LogP contribution in [-0.2, 0) is 44.6 Å². The predicted molar refractivity (Wildman–Crippen MR) is 326 cm³/mol. The van der Waals surface area contributed by atoms with Gasteiger partial charge in [-0.05, 0) is 33.4 Å². The average molecular weight is 1150 g/mol. The van der Waals surface area contributed by atoms with E-state index in [4.69, 9.17) is 24.5 Å². The van der Waals surface area contributed by atoms with Crippen molar-refractivity contribution in [3.05, 3.63) is 320 Å². The molecule has 2 N–H and O–H groups in total. The number of oxime groups is 1. The van der Waals surface area contributed by atoms with E-state index in [1.165, 1.54) is 45.8 Å². The van der Waals surface area contributed by atoms with Crippen LogP contribution in [0.2, 0.25) is 0 Å². The molecule has 12 rings (SSSR count). The lowest BCUT2D eigenvalue weighted by Crippen LogP contribution is -2.71. The summed E-state index contributed by atoms with van der Waals surface area (Å²) >= 11 is 4.04. The third-order valence-corrected chi connectivity index (χ3v) is 18.1. The Balaban J connectivity index is 0.931. The molecule has 0 bridgehead atoms. The van der Waals surface area contributed by atoms with Gasteiger partial charge in [-0.3, -0.25) is 14.5 Å². The molecule has 1 aromatic heterocycles. The number of fused-ring (bicyclic) bond motifs is 1. The molecule has 4 heterocycles. The number of esters is 2. The molecule has 0 saturated carbocycles. The molecular formula is C68H53N5O7S3. The van der Waals surface area contributed by atoms with E-state index < -0.39 is 52.4 Å². The Hall–Kier alpha value is -9.28. The van der Waals surface area contributed by atoms with Gasteiger partial charge in [0.1, 0.15) is 35.0 Å². The summed E-state index contributed by atoms with van der Waals surface area (Å²) in [6.07, 6.45) is 0.641. The first-order valence-corrected chi connectivity index (χ1v) is 29.8. The van der Waals surface area contributed by atoms with Crippen LogP contribution < -0.4 is 10.6 Å². The maximum Gasteiger partial charge on any atom is 0.356 e. The van der Waals surface area contributed by atoms with Crippen LogP contribution >= 0.6 is 34.9 Å². The van der Waals surface area contributed by atoms with Crippen molar-refractivity contribution in [1.82, 2.24) is 15.2 Å². The molecule has 1 fully saturated rings. The smallest absolute Gasteiger partial charge is 0.356 e. The topological polar surface area (TPSA) is 149 Å². The molecule has 12 nitrogen and oxygen atoms in total. The number of benzene rings is 8. The number of nitrogens with one attached hydrogen (secondary N) is 2. The van der Waals surface area contributed by atoms with Gasteiger partial charge in [0, 0.05) is 44.6 Å². The zero-order valence-corrected chi connectivity index (χ0v) is 47.0. The van der Waals surface area contributed by atoms with Gasteiger partial charge in [0.15, 0.2) is 16.9 Å². The summed E-state index contributed by atoms with van der Waals surface area (Å²) < 4.78 is 11.6. The summed E-state index contributed by atoms with van der Waals surface area (Å²) in [6.45, 7) is 0.136. The number of cyclic esters (lactones) is 1. The van der Waals surface area contributed by atoms with Crippen LogP contribution in [0.4, 0.5) is 5.13 Å².